The molecule has 1 aromatic carbocycles. The molecule has 0 amide bonds. The molecule has 0 saturated carbocycles. The van der Waals surface area contributed by atoms with Gasteiger partial charge in [0.1, 0.15) is 5.75 Å². The fraction of sp³-hybridized carbons (Fsp3) is 0.632. The molecule has 0 bridgehead atoms. The molecule has 2 rings (SSSR count). The minimum Gasteiger partial charge on any atom is -0.495 e. The number of anilines is 1. The quantitative estimate of drug-likeness (QED) is 0.360. The third-order valence-corrected chi connectivity index (χ3v) is 4.73. The average Bonchev–Trinajstić information content (AvgIpc) is 3.10. The van der Waals surface area contributed by atoms with Crippen LogP contribution in [0.1, 0.15) is 20.3 Å². The molecule has 0 radical (unpaired) electrons. The van der Waals surface area contributed by atoms with Crippen LogP contribution in [-0.4, -0.2) is 59.0 Å². The Hall–Kier alpha value is -1.22. The van der Waals surface area contributed by atoms with E-state index in [-0.39, 0.29) is 29.6 Å². The van der Waals surface area contributed by atoms with Crippen molar-refractivity contribution in [1.29, 1.82) is 0 Å². The SMILES string of the molecule is CN=C(NCC1CCN(c2ccccc2OC)C1)NCC(C)(C)OC.I. The Morgan fingerprint density at radius 1 is 1.27 bits per heavy atom. The summed E-state index contributed by atoms with van der Waals surface area (Å²) in [5.74, 6) is 2.34. The summed E-state index contributed by atoms with van der Waals surface area (Å²) in [7, 11) is 5.25. The first-order valence-electron chi connectivity index (χ1n) is 8.86. The minimum atomic E-state index is -0.217. The van der Waals surface area contributed by atoms with Crippen LogP contribution in [-0.2, 0) is 4.74 Å². The monoisotopic (exact) mass is 476 g/mol. The zero-order valence-corrected chi connectivity index (χ0v) is 18.9. The van der Waals surface area contributed by atoms with Gasteiger partial charge >= 0.3 is 0 Å². The number of guanidine groups is 1. The van der Waals surface area contributed by atoms with Gasteiger partial charge in [-0.2, -0.15) is 0 Å². The summed E-state index contributed by atoms with van der Waals surface area (Å²) in [5.41, 5.74) is 0.961. The lowest BCUT2D eigenvalue weighted by atomic mass is 10.1. The van der Waals surface area contributed by atoms with Crippen molar-refractivity contribution < 1.29 is 9.47 Å². The summed E-state index contributed by atoms with van der Waals surface area (Å²) in [6.45, 7) is 7.79. The van der Waals surface area contributed by atoms with E-state index in [0.717, 1.165) is 37.8 Å². The highest BCUT2D eigenvalue weighted by Crippen LogP contribution is 2.31. The average molecular weight is 476 g/mol. The van der Waals surface area contributed by atoms with Gasteiger partial charge < -0.3 is 25.0 Å². The number of aliphatic imine (C=N–C) groups is 1. The molecule has 7 heteroatoms. The fourth-order valence-corrected chi connectivity index (χ4v) is 2.94. The number of methoxy groups -OCH3 is 2. The van der Waals surface area contributed by atoms with Gasteiger partial charge in [-0.15, -0.1) is 24.0 Å². The van der Waals surface area contributed by atoms with Gasteiger partial charge in [0.15, 0.2) is 5.96 Å². The first kappa shape index (κ1) is 22.8. The van der Waals surface area contributed by atoms with E-state index in [1.54, 1.807) is 21.3 Å². The lowest BCUT2D eigenvalue weighted by molar-refractivity contribution is 0.0268. The molecule has 1 heterocycles. The molecule has 1 atom stereocenters. The van der Waals surface area contributed by atoms with Crippen molar-refractivity contribution in [1.82, 2.24) is 10.6 Å². The lowest BCUT2D eigenvalue weighted by Crippen LogP contribution is -2.46. The maximum atomic E-state index is 5.48. The third kappa shape index (κ3) is 6.50. The number of nitrogens with zero attached hydrogens (tertiary/aromatic N) is 2. The number of hydrogen-bond donors (Lipinski definition) is 2. The number of benzene rings is 1. The standard InChI is InChI=1S/C19H32N4O2.HI/c1-19(2,25-5)14-22-18(20-3)21-12-15-10-11-23(13-15)16-8-6-7-9-17(16)24-4;/h6-9,15H,10-14H2,1-5H3,(H2,20,21,22);1H. The van der Waals surface area contributed by atoms with Crippen molar-refractivity contribution >= 4 is 35.6 Å². The number of para-hydroxylation sites is 2. The second kappa shape index (κ2) is 10.8. The largest absolute Gasteiger partial charge is 0.495 e. The summed E-state index contributed by atoms with van der Waals surface area (Å²) in [6, 6.07) is 8.22. The van der Waals surface area contributed by atoms with Gasteiger partial charge in [0.2, 0.25) is 0 Å². The van der Waals surface area contributed by atoms with Gasteiger partial charge in [0.25, 0.3) is 0 Å². The van der Waals surface area contributed by atoms with Crippen molar-refractivity contribution in [3.8, 4) is 5.75 Å². The van der Waals surface area contributed by atoms with Gasteiger partial charge in [0.05, 0.1) is 18.4 Å². The predicted octanol–water partition coefficient (Wildman–Crippen LogP) is 2.73. The zero-order valence-electron chi connectivity index (χ0n) is 16.5. The molecule has 2 N–H and O–H groups in total. The highest BCUT2D eigenvalue weighted by molar-refractivity contribution is 14.0. The van der Waals surface area contributed by atoms with Crippen molar-refractivity contribution in [2.24, 2.45) is 10.9 Å². The lowest BCUT2D eigenvalue weighted by Gasteiger charge is -2.25. The van der Waals surface area contributed by atoms with Crippen LogP contribution < -0.4 is 20.3 Å². The van der Waals surface area contributed by atoms with Crippen molar-refractivity contribution in [3.05, 3.63) is 24.3 Å². The molecule has 26 heavy (non-hydrogen) atoms. The maximum Gasteiger partial charge on any atom is 0.191 e. The first-order valence-corrected chi connectivity index (χ1v) is 8.86. The number of halogens is 1. The highest BCUT2D eigenvalue weighted by Gasteiger charge is 2.25. The zero-order chi connectivity index (χ0) is 18.3. The minimum absolute atomic E-state index is 0. The Kier molecular flexibility index (Phi) is 9.49. The second-order valence-corrected chi connectivity index (χ2v) is 7.04. The van der Waals surface area contributed by atoms with E-state index in [9.17, 15) is 0 Å². The van der Waals surface area contributed by atoms with Gasteiger partial charge in [-0.05, 0) is 38.3 Å². The third-order valence-electron chi connectivity index (χ3n) is 4.73. The highest BCUT2D eigenvalue weighted by atomic mass is 127. The van der Waals surface area contributed by atoms with Crippen LogP contribution in [0.4, 0.5) is 5.69 Å². The Morgan fingerprint density at radius 2 is 2.00 bits per heavy atom. The van der Waals surface area contributed by atoms with Crippen LogP contribution in [0.15, 0.2) is 29.3 Å². The number of ether oxygens (including phenoxy) is 2. The summed E-state index contributed by atoms with van der Waals surface area (Å²) in [4.78, 5) is 6.69. The molecule has 1 unspecified atom stereocenters. The summed E-state index contributed by atoms with van der Waals surface area (Å²) < 4.78 is 10.9. The Balaban J connectivity index is 0.00000338. The summed E-state index contributed by atoms with van der Waals surface area (Å²) in [6.07, 6.45) is 1.16. The smallest absolute Gasteiger partial charge is 0.191 e. The van der Waals surface area contributed by atoms with E-state index in [1.807, 2.05) is 12.1 Å². The van der Waals surface area contributed by atoms with Gasteiger partial charge in [0, 0.05) is 40.3 Å². The van der Waals surface area contributed by atoms with Crippen molar-refractivity contribution in [3.63, 3.8) is 0 Å². The van der Waals surface area contributed by atoms with E-state index in [4.69, 9.17) is 9.47 Å². The van der Waals surface area contributed by atoms with Crippen molar-refractivity contribution in [2.45, 2.75) is 25.9 Å². The first-order chi connectivity index (χ1) is 12.0. The van der Waals surface area contributed by atoms with Crippen LogP contribution in [0.3, 0.4) is 0 Å². The molecular formula is C19H33IN4O2. The van der Waals surface area contributed by atoms with Crippen LogP contribution in [0, 0.1) is 5.92 Å². The van der Waals surface area contributed by atoms with Crippen molar-refractivity contribution in [2.75, 3.05) is 52.3 Å². The molecule has 0 aliphatic carbocycles. The molecule has 148 valence electrons. The normalized spacial score (nSPS) is 17.7. The van der Waals surface area contributed by atoms with Crippen LogP contribution >= 0.6 is 24.0 Å². The second-order valence-electron chi connectivity index (χ2n) is 7.04. The van der Waals surface area contributed by atoms with Crippen LogP contribution in [0.5, 0.6) is 5.75 Å². The molecule has 1 aliphatic heterocycles. The van der Waals surface area contributed by atoms with E-state index >= 15 is 0 Å². The number of hydrogen-bond acceptors (Lipinski definition) is 4. The Morgan fingerprint density at radius 3 is 2.65 bits per heavy atom. The molecule has 1 aromatic rings. The Bertz CT molecular complexity index is 580. The molecule has 6 nitrogen and oxygen atoms in total. The summed E-state index contributed by atoms with van der Waals surface area (Å²) in [5, 5.41) is 6.76. The number of rotatable bonds is 7. The molecular weight excluding hydrogens is 443 g/mol. The molecule has 0 aromatic heterocycles. The predicted molar refractivity (Wildman–Crippen MR) is 119 cm³/mol. The fourth-order valence-electron chi connectivity index (χ4n) is 2.94. The van der Waals surface area contributed by atoms with Gasteiger partial charge in [-0.25, -0.2) is 0 Å². The van der Waals surface area contributed by atoms with E-state index in [2.05, 4.69) is 46.5 Å². The van der Waals surface area contributed by atoms with Gasteiger partial charge in [-0.1, -0.05) is 12.1 Å². The molecule has 1 aliphatic rings. The summed E-state index contributed by atoms with van der Waals surface area (Å²) >= 11 is 0. The Labute approximate surface area is 174 Å². The molecule has 1 saturated heterocycles. The van der Waals surface area contributed by atoms with E-state index in [1.165, 1.54) is 5.69 Å². The maximum absolute atomic E-state index is 5.48. The molecule has 0 spiro atoms. The van der Waals surface area contributed by atoms with Crippen LogP contribution in [0.2, 0.25) is 0 Å². The van der Waals surface area contributed by atoms with Crippen LogP contribution in [0.25, 0.3) is 0 Å². The van der Waals surface area contributed by atoms with E-state index in [0.29, 0.717) is 12.5 Å². The van der Waals surface area contributed by atoms with Gasteiger partial charge in [-0.3, -0.25) is 4.99 Å². The van der Waals surface area contributed by atoms with E-state index < -0.39 is 0 Å². The molecule has 1 fully saturated rings. The number of nitrogens with one attached hydrogen (secondary N) is 2. The topological polar surface area (TPSA) is 58.1 Å².